The van der Waals surface area contributed by atoms with Crippen molar-refractivity contribution in [2.45, 2.75) is 6.42 Å². The van der Waals surface area contributed by atoms with Crippen molar-refractivity contribution in [2.24, 2.45) is 5.92 Å². The van der Waals surface area contributed by atoms with Crippen LogP contribution in [-0.4, -0.2) is 18.4 Å². The van der Waals surface area contributed by atoms with E-state index in [1.54, 1.807) is 23.1 Å². The van der Waals surface area contributed by atoms with E-state index in [-0.39, 0.29) is 18.2 Å². The number of hydrogen-bond acceptors (Lipinski definition) is 2. The van der Waals surface area contributed by atoms with E-state index in [1.807, 2.05) is 42.5 Å². The van der Waals surface area contributed by atoms with Crippen LogP contribution in [0.2, 0.25) is 10.0 Å². The molecule has 3 aromatic rings. The van der Waals surface area contributed by atoms with Gasteiger partial charge < -0.3 is 10.2 Å². The molecule has 3 aromatic carbocycles. The van der Waals surface area contributed by atoms with E-state index in [9.17, 15) is 9.59 Å². The highest BCUT2D eigenvalue weighted by molar-refractivity contribution is 6.44. The lowest BCUT2D eigenvalue weighted by Gasteiger charge is -2.19. The van der Waals surface area contributed by atoms with E-state index in [4.69, 9.17) is 23.2 Å². The molecule has 1 fully saturated rings. The Labute approximate surface area is 166 Å². The van der Waals surface area contributed by atoms with E-state index >= 15 is 0 Å². The monoisotopic (exact) mass is 398 g/mol. The maximum absolute atomic E-state index is 12.7. The summed E-state index contributed by atoms with van der Waals surface area (Å²) in [6.07, 6.45) is 0.160. The highest BCUT2D eigenvalue weighted by Crippen LogP contribution is 2.33. The van der Waals surface area contributed by atoms with Crippen LogP contribution in [0, 0.1) is 5.92 Å². The molecule has 0 saturated carbocycles. The van der Waals surface area contributed by atoms with Crippen molar-refractivity contribution in [3.8, 4) is 0 Å². The van der Waals surface area contributed by atoms with Crippen LogP contribution in [0.15, 0.2) is 60.7 Å². The van der Waals surface area contributed by atoms with Crippen LogP contribution in [0.1, 0.15) is 6.42 Å². The number of carbonyl (C=O) groups is 2. The molecular weight excluding hydrogens is 383 g/mol. The summed E-state index contributed by atoms with van der Waals surface area (Å²) in [4.78, 5) is 27.0. The largest absolute Gasteiger partial charge is 0.324 e. The van der Waals surface area contributed by atoms with E-state index in [2.05, 4.69) is 5.32 Å². The third kappa shape index (κ3) is 3.38. The van der Waals surface area contributed by atoms with Gasteiger partial charge in [0.25, 0.3) is 0 Å². The third-order valence-corrected chi connectivity index (χ3v) is 5.58. The van der Waals surface area contributed by atoms with Crippen LogP contribution < -0.4 is 10.2 Å². The van der Waals surface area contributed by atoms with Gasteiger partial charge in [0, 0.05) is 18.4 Å². The number of anilines is 2. The van der Waals surface area contributed by atoms with E-state index in [0.717, 1.165) is 16.5 Å². The molecule has 4 nitrogen and oxygen atoms in total. The van der Waals surface area contributed by atoms with Gasteiger partial charge in [0.15, 0.2) is 0 Å². The lowest BCUT2D eigenvalue weighted by molar-refractivity contribution is -0.122. The maximum atomic E-state index is 12.7. The van der Waals surface area contributed by atoms with Crippen LogP contribution in [0.4, 0.5) is 11.4 Å². The van der Waals surface area contributed by atoms with Gasteiger partial charge in [0.05, 0.1) is 27.3 Å². The summed E-state index contributed by atoms with van der Waals surface area (Å²) in [7, 11) is 0. The molecule has 6 heteroatoms. The Morgan fingerprint density at radius 2 is 1.74 bits per heavy atom. The summed E-state index contributed by atoms with van der Waals surface area (Å²) in [5, 5.41) is 5.50. The molecule has 0 bridgehead atoms. The van der Waals surface area contributed by atoms with Gasteiger partial charge in [-0.1, -0.05) is 65.7 Å². The molecule has 136 valence electrons. The number of carbonyl (C=O) groups excluding carboxylic acids is 2. The summed E-state index contributed by atoms with van der Waals surface area (Å²) in [6, 6.07) is 18.8. The fraction of sp³-hybridized carbons (Fsp3) is 0.143. The second-order valence-electron chi connectivity index (χ2n) is 6.49. The summed E-state index contributed by atoms with van der Waals surface area (Å²) >= 11 is 12.1. The first-order chi connectivity index (χ1) is 13.0. The van der Waals surface area contributed by atoms with Gasteiger partial charge in [-0.2, -0.15) is 0 Å². The van der Waals surface area contributed by atoms with Crippen LogP contribution in [0.25, 0.3) is 10.8 Å². The molecule has 1 saturated heterocycles. The van der Waals surface area contributed by atoms with E-state index < -0.39 is 5.92 Å². The van der Waals surface area contributed by atoms with Gasteiger partial charge in [-0.15, -0.1) is 0 Å². The normalized spacial score (nSPS) is 16.7. The fourth-order valence-electron chi connectivity index (χ4n) is 3.39. The molecule has 0 radical (unpaired) electrons. The minimum atomic E-state index is -0.452. The van der Waals surface area contributed by atoms with Gasteiger partial charge in [-0.05, 0) is 23.6 Å². The summed E-state index contributed by atoms with van der Waals surface area (Å²) in [5.41, 5.74) is 1.28. The van der Waals surface area contributed by atoms with Gasteiger partial charge in [0.2, 0.25) is 11.8 Å². The van der Waals surface area contributed by atoms with Crippen molar-refractivity contribution < 1.29 is 9.59 Å². The zero-order valence-electron chi connectivity index (χ0n) is 14.3. The SMILES string of the molecule is O=C(Nc1cccc(Cl)c1Cl)[C@H]1CC(=O)N(c2cccc3ccccc23)C1. The quantitative estimate of drug-likeness (QED) is 0.663. The zero-order chi connectivity index (χ0) is 19.0. The Balaban J connectivity index is 1.57. The average Bonchev–Trinajstić information content (AvgIpc) is 3.06. The first-order valence-electron chi connectivity index (χ1n) is 8.57. The number of halogens is 2. The van der Waals surface area contributed by atoms with Gasteiger partial charge in [0.1, 0.15) is 0 Å². The minimum absolute atomic E-state index is 0.0660. The molecule has 0 aromatic heterocycles. The zero-order valence-corrected chi connectivity index (χ0v) is 15.8. The standard InChI is InChI=1S/C21H16Cl2N2O2/c22-16-8-4-9-17(20(16)23)24-21(27)14-11-19(26)25(12-14)18-10-3-6-13-5-1-2-7-15(13)18/h1-10,14H,11-12H2,(H,24,27)/t14-/m0/s1. The van der Waals surface area contributed by atoms with E-state index in [1.165, 1.54) is 0 Å². The Morgan fingerprint density at radius 1 is 1.00 bits per heavy atom. The van der Waals surface area contributed by atoms with Gasteiger partial charge in [-0.3, -0.25) is 9.59 Å². The molecule has 1 aliphatic heterocycles. The van der Waals surface area contributed by atoms with Crippen LogP contribution in [0.5, 0.6) is 0 Å². The number of rotatable bonds is 3. The van der Waals surface area contributed by atoms with Crippen LogP contribution in [0.3, 0.4) is 0 Å². The lowest BCUT2D eigenvalue weighted by atomic mass is 10.1. The van der Waals surface area contributed by atoms with Gasteiger partial charge in [-0.25, -0.2) is 0 Å². The minimum Gasteiger partial charge on any atom is -0.324 e. The number of nitrogens with zero attached hydrogens (tertiary/aromatic N) is 1. The second-order valence-corrected chi connectivity index (χ2v) is 7.28. The summed E-state index contributed by atoms with van der Waals surface area (Å²) in [5.74, 6) is -0.759. The smallest absolute Gasteiger partial charge is 0.229 e. The fourth-order valence-corrected chi connectivity index (χ4v) is 3.74. The molecule has 2 amide bonds. The Kier molecular flexibility index (Phi) is 4.77. The Morgan fingerprint density at radius 3 is 2.59 bits per heavy atom. The Bertz CT molecular complexity index is 1050. The molecule has 1 aliphatic rings. The Hall–Kier alpha value is -2.56. The predicted molar refractivity (Wildman–Crippen MR) is 109 cm³/mol. The number of amides is 2. The molecule has 4 rings (SSSR count). The third-order valence-electron chi connectivity index (χ3n) is 4.76. The first-order valence-corrected chi connectivity index (χ1v) is 9.33. The number of nitrogens with one attached hydrogen (secondary N) is 1. The molecule has 1 N–H and O–H groups in total. The van der Waals surface area contributed by atoms with Crippen molar-refractivity contribution in [1.82, 2.24) is 0 Å². The molecule has 1 atom stereocenters. The summed E-state index contributed by atoms with van der Waals surface area (Å²) in [6.45, 7) is 0.330. The van der Waals surface area contributed by atoms with Gasteiger partial charge >= 0.3 is 0 Å². The van der Waals surface area contributed by atoms with E-state index in [0.29, 0.717) is 22.3 Å². The van der Waals surface area contributed by atoms with Crippen molar-refractivity contribution in [3.05, 3.63) is 70.7 Å². The van der Waals surface area contributed by atoms with Crippen LogP contribution >= 0.6 is 23.2 Å². The molecule has 1 heterocycles. The van der Waals surface area contributed by atoms with Crippen molar-refractivity contribution >= 4 is 57.2 Å². The molecular formula is C21H16Cl2N2O2. The number of hydrogen-bond donors (Lipinski definition) is 1. The topological polar surface area (TPSA) is 49.4 Å². The average molecular weight is 399 g/mol. The molecule has 0 aliphatic carbocycles. The number of benzene rings is 3. The number of fused-ring (bicyclic) bond motifs is 1. The van der Waals surface area contributed by atoms with Crippen molar-refractivity contribution in [1.29, 1.82) is 0 Å². The van der Waals surface area contributed by atoms with Crippen molar-refractivity contribution in [2.75, 3.05) is 16.8 Å². The summed E-state index contributed by atoms with van der Waals surface area (Å²) < 4.78 is 0. The molecule has 27 heavy (non-hydrogen) atoms. The molecule has 0 unspecified atom stereocenters. The van der Waals surface area contributed by atoms with Crippen LogP contribution in [-0.2, 0) is 9.59 Å². The highest BCUT2D eigenvalue weighted by Gasteiger charge is 2.35. The van der Waals surface area contributed by atoms with Crippen molar-refractivity contribution in [3.63, 3.8) is 0 Å². The molecule has 0 spiro atoms. The highest BCUT2D eigenvalue weighted by atomic mass is 35.5. The lowest BCUT2D eigenvalue weighted by Crippen LogP contribution is -2.28. The maximum Gasteiger partial charge on any atom is 0.229 e. The predicted octanol–water partition coefficient (Wildman–Crippen LogP) is 5.14. The second kappa shape index (κ2) is 7.22. The first kappa shape index (κ1) is 17.8.